The average molecular weight is 320 g/mol. The maximum Gasteiger partial charge on any atom is 0.371 e. The molecule has 0 spiro atoms. The van der Waals surface area contributed by atoms with Crippen LogP contribution in [0.1, 0.15) is 36.2 Å². The molecule has 0 radical (unpaired) electrons. The molecule has 1 saturated carbocycles. The lowest BCUT2D eigenvalue weighted by Crippen LogP contribution is -2.32. The van der Waals surface area contributed by atoms with Crippen LogP contribution in [0.15, 0.2) is 21.6 Å². The number of sulfone groups is 1. The van der Waals surface area contributed by atoms with E-state index in [1.54, 1.807) is 0 Å². The fourth-order valence-electron chi connectivity index (χ4n) is 2.39. The third kappa shape index (κ3) is 3.29. The summed E-state index contributed by atoms with van der Waals surface area (Å²) in [7, 11) is -4.66. The first-order chi connectivity index (χ1) is 9.29. The minimum atomic E-state index is -3.14. The van der Waals surface area contributed by atoms with E-state index in [2.05, 4.69) is 0 Å². The van der Waals surface area contributed by atoms with Crippen molar-refractivity contribution >= 4 is 26.6 Å². The van der Waals surface area contributed by atoms with Crippen LogP contribution in [-0.4, -0.2) is 40.5 Å². The maximum absolute atomic E-state index is 12.3. The number of furan rings is 1. The monoisotopic (exact) mass is 320 g/mol. The lowest BCUT2D eigenvalue weighted by atomic mass is 10.00. The van der Waals surface area contributed by atoms with Gasteiger partial charge in [0.15, 0.2) is 5.09 Å². The van der Waals surface area contributed by atoms with Crippen molar-refractivity contribution < 1.29 is 26.9 Å². The highest BCUT2D eigenvalue weighted by Crippen LogP contribution is 2.30. The van der Waals surface area contributed by atoms with Crippen LogP contribution in [0.3, 0.4) is 0 Å². The Labute approximate surface area is 119 Å². The zero-order valence-electron chi connectivity index (χ0n) is 10.9. The number of aromatic carboxylic acids is 1. The van der Waals surface area contributed by atoms with E-state index in [1.165, 1.54) is 18.4 Å². The van der Waals surface area contributed by atoms with E-state index in [1.807, 2.05) is 0 Å². The first-order valence-electron chi connectivity index (χ1n) is 6.21. The van der Waals surface area contributed by atoms with E-state index in [0.717, 1.165) is 0 Å². The van der Waals surface area contributed by atoms with Crippen molar-refractivity contribution in [2.24, 2.45) is 0 Å². The number of hydrogen-bond donors (Lipinski definition) is 1. The molecule has 1 aliphatic rings. The first kappa shape index (κ1) is 15.2. The fraction of sp³-hybridized carbons (Fsp3) is 0.583. The van der Waals surface area contributed by atoms with Crippen LogP contribution in [0.2, 0.25) is 0 Å². The molecule has 3 atom stereocenters. The van der Waals surface area contributed by atoms with Gasteiger partial charge in [0, 0.05) is 11.5 Å². The Morgan fingerprint density at radius 1 is 1.40 bits per heavy atom. The summed E-state index contributed by atoms with van der Waals surface area (Å²) >= 11 is 0. The van der Waals surface area contributed by atoms with Crippen molar-refractivity contribution in [2.45, 2.75) is 41.3 Å². The number of rotatable bonds is 4. The lowest BCUT2D eigenvalue weighted by Gasteiger charge is -2.26. The van der Waals surface area contributed by atoms with Crippen molar-refractivity contribution in [3.63, 3.8) is 0 Å². The highest BCUT2D eigenvalue weighted by Gasteiger charge is 2.33. The summed E-state index contributed by atoms with van der Waals surface area (Å²) in [5.74, 6) is -1.48. The van der Waals surface area contributed by atoms with Crippen LogP contribution in [0.4, 0.5) is 0 Å². The van der Waals surface area contributed by atoms with Crippen molar-refractivity contribution in [2.75, 3.05) is 6.26 Å². The zero-order chi connectivity index (χ0) is 14.9. The Morgan fingerprint density at radius 3 is 2.65 bits per heavy atom. The molecule has 8 heteroatoms. The molecule has 1 heterocycles. The Kier molecular flexibility index (Phi) is 4.33. The van der Waals surface area contributed by atoms with Gasteiger partial charge in [-0.3, -0.25) is 4.21 Å². The topological polar surface area (TPSA) is 102 Å². The second-order valence-electron chi connectivity index (χ2n) is 4.96. The smallest absolute Gasteiger partial charge is 0.371 e. The molecule has 0 aromatic carbocycles. The normalized spacial score (nSPS) is 25.2. The van der Waals surface area contributed by atoms with Gasteiger partial charge in [-0.05, 0) is 31.4 Å². The molecular formula is C12H16O6S2. The van der Waals surface area contributed by atoms with E-state index >= 15 is 0 Å². The molecule has 1 aliphatic carbocycles. The molecule has 1 fully saturated rings. The lowest BCUT2D eigenvalue weighted by molar-refractivity contribution is 0.0656. The summed E-state index contributed by atoms with van der Waals surface area (Å²) < 4.78 is 40.5. The number of carboxylic acids is 1. The van der Waals surface area contributed by atoms with Gasteiger partial charge in [0.05, 0.1) is 16.0 Å². The van der Waals surface area contributed by atoms with Gasteiger partial charge in [-0.15, -0.1) is 0 Å². The minimum absolute atomic E-state index is 0.0987. The maximum atomic E-state index is 12.3. The van der Waals surface area contributed by atoms with E-state index < -0.39 is 31.9 Å². The molecule has 2 rings (SSSR count). The molecule has 6 nitrogen and oxygen atoms in total. The summed E-state index contributed by atoms with van der Waals surface area (Å²) in [6.07, 6.45) is 3.46. The number of carbonyl (C=O) groups is 1. The van der Waals surface area contributed by atoms with Crippen molar-refractivity contribution in [3.8, 4) is 0 Å². The quantitative estimate of drug-likeness (QED) is 0.900. The van der Waals surface area contributed by atoms with Crippen molar-refractivity contribution in [3.05, 3.63) is 17.9 Å². The average Bonchev–Trinajstić information content (AvgIpc) is 2.87. The van der Waals surface area contributed by atoms with Gasteiger partial charge in [-0.2, -0.15) is 0 Å². The molecule has 0 saturated heterocycles. The summed E-state index contributed by atoms with van der Waals surface area (Å²) in [4.78, 5) is 10.7. The van der Waals surface area contributed by atoms with Crippen molar-refractivity contribution in [1.82, 2.24) is 0 Å². The number of hydrogen-bond acceptors (Lipinski definition) is 5. The summed E-state index contributed by atoms with van der Waals surface area (Å²) in [5, 5.41) is 8.08. The van der Waals surface area contributed by atoms with Crippen LogP contribution in [0.5, 0.6) is 0 Å². The molecule has 3 unspecified atom stereocenters. The number of carboxylic acid groups (broad SMARTS) is 1. The summed E-state index contributed by atoms with van der Waals surface area (Å²) in [5.41, 5.74) is 0. The van der Waals surface area contributed by atoms with Crippen LogP contribution in [-0.2, 0) is 20.6 Å². The largest absolute Gasteiger partial charge is 0.475 e. The molecule has 20 heavy (non-hydrogen) atoms. The van der Waals surface area contributed by atoms with E-state index in [9.17, 15) is 17.4 Å². The zero-order valence-corrected chi connectivity index (χ0v) is 12.6. The third-order valence-corrected chi connectivity index (χ3v) is 6.77. The van der Waals surface area contributed by atoms with E-state index in [4.69, 9.17) is 9.52 Å². The van der Waals surface area contributed by atoms with Gasteiger partial charge in [-0.25, -0.2) is 13.2 Å². The van der Waals surface area contributed by atoms with Gasteiger partial charge in [0.25, 0.3) is 0 Å². The minimum Gasteiger partial charge on any atom is -0.475 e. The fourth-order valence-corrected chi connectivity index (χ4v) is 5.18. The van der Waals surface area contributed by atoms with Gasteiger partial charge in [0.1, 0.15) is 9.84 Å². The van der Waals surface area contributed by atoms with Crippen LogP contribution in [0, 0.1) is 0 Å². The second kappa shape index (κ2) is 5.69. The standard InChI is InChI=1S/C12H16O6S2/c1-20(16,17)9-4-2-3-8(7-9)19(15)11-6-5-10(18-11)12(13)14/h5-6,8-9H,2-4,7H2,1H3,(H,13,14). The Balaban J connectivity index is 2.14. The Hall–Kier alpha value is -1.15. The SMILES string of the molecule is CS(=O)(=O)C1CCCC(S(=O)c2ccc(C(=O)O)o2)C1. The molecule has 0 aliphatic heterocycles. The van der Waals surface area contributed by atoms with Crippen LogP contribution in [0.25, 0.3) is 0 Å². The first-order valence-corrected chi connectivity index (χ1v) is 9.38. The molecule has 1 N–H and O–H groups in total. The second-order valence-corrected chi connectivity index (χ2v) is 8.95. The predicted octanol–water partition coefficient (Wildman–Crippen LogP) is 1.44. The molecule has 1 aromatic heterocycles. The van der Waals surface area contributed by atoms with Crippen molar-refractivity contribution in [1.29, 1.82) is 0 Å². The van der Waals surface area contributed by atoms with E-state index in [0.29, 0.717) is 25.7 Å². The van der Waals surface area contributed by atoms with Gasteiger partial charge in [-0.1, -0.05) is 6.42 Å². The van der Waals surface area contributed by atoms with Crippen LogP contribution < -0.4 is 0 Å². The molecular weight excluding hydrogens is 304 g/mol. The van der Waals surface area contributed by atoms with Gasteiger partial charge < -0.3 is 9.52 Å². The van der Waals surface area contributed by atoms with Gasteiger partial charge >= 0.3 is 5.97 Å². The van der Waals surface area contributed by atoms with Gasteiger partial charge in [0.2, 0.25) is 5.76 Å². The summed E-state index contributed by atoms with van der Waals surface area (Å²) in [6, 6.07) is 2.63. The van der Waals surface area contributed by atoms with Crippen LogP contribution >= 0.6 is 0 Å². The Bertz CT molecular complexity index is 630. The predicted molar refractivity (Wildman–Crippen MR) is 73.0 cm³/mol. The third-order valence-electron chi connectivity index (χ3n) is 3.48. The molecule has 0 amide bonds. The highest BCUT2D eigenvalue weighted by molar-refractivity contribution is 7.91. The molecule has 112 valence electrons. The highest BCUT2D eigenvalue weighted by atomic mass is 32.2. The van der Waals surface area contributed by atoms with E-state index in [-0.39, 0.29) is 16.1 Å². The molecule has 0 bridgehead atoms. The molecule has 1 aromatic rings. The summed E-state index contributed by atoms with van der Waals surface area (Å²) in [6.45, 7) is 0. The Morgan fingerprint density at radius 2 is 2.10 bits per heavy atom.